The minimum absolute atomic E-state index is 0.631. The summed E-state index contributed by atoms with van der Waals surface area (Å²) in [5.74, 6) is 0.853. The molecule has 0 radical (unpaired) electrons. The van der Waals surface area contributed by atoms with Crippen LogP contribution in [0.15, 0.2) is 72.2 Å². The van der Waals surface area contributed by atoms with Crippen LogP contribution in [0.2, 0.25) is 0 Å². The summed E-state index contributed by atoms with van der Waals surface area (Å²) in [5, 5.41) is 10.8. The van der Waals surface area contributed by atoms with E-state index in [2.05, 4.69) is 75.1 Å². The first-order valence-corrected chi connectivity index (χ1v) is 9.35. The molecule has 0 saturated heterocycles. The van der Waals surface area contributed by atoms with E-state index in [0.717, 1.165) is 43.1 Å². The molecule has 0 amide bonds. The summed E-state index contributed by atoms with van der Waals surface area (Å²) in [6.45, 7) is 4.45. The van der Waals surface area contributed by atoms with Crippen molar-refractivity contribution in [3.63, 3.8) is 0 Å². The van der Waals surface area contributed by atoms with Crippen molar-refractivity contribution in [1.82, 2.24) is 25.4 Å². The van der Waals surface area contributed by atoms with Gasteiger partial charge in [-0.15, -0.1) is 0 Å². The standard InChI is InChI=1S/C21H26N6/c1-2-23-21(24-14-6-9-18-7-4-3-5-8-18)25-15-19-10-12-20(13-11-19)27-17-22-16-26-27/h3-5,7-8,10-13,16-17H,2,6,9,14-15H2,1H3,(H2,23,24,25). The molecule has 1 aromatic heterocycles. The van der Waals surface area contributed by atoms with Crippen molar-refractivity contribution in [2.24, 2.45) is 4.99 Å². The molecular formula is C21H26N6. The quantitative estimate of drug-likeness (QED) is 0.367. The zero-order valence-corrected chi connectivity index (χ0v) is 15.7. The van der Waals surface area contributed by atoms with Crippen LogP contribution in [0.25, 0.3) is 5.69 Å². The summed E-state index contributed by atoms with van der Waals surface area (Å²) in [4.78, 5) is 8.65. The molecular weight excluding hydrogens is 336 g/mol. The van der Waals surface area contributed by atoms with Gasteiger partial charge in [-0.2, -0.15) is 5.10 Å². The van der Waals surface area contributed by atoms with E-state index in [1.807, 2.05) is 12.1 Å². The molecule has 27 heavy (non-hydrogen) atoms. The van der Waals surface area contributed by atoms with Crippen LogP contribution >= 0.6 is 0 Å². The van der Waals surface area contributed by atoms with Gasteiger partial charge in [0.1, 0.15) is 12.7 Å². The molecule has 6 nitrogen and oxygen atoms in total. The number of rotatable bonds is 8. The van der Waals surface area contributed by atoms with Crippen LogP contribution in [0, 0.1) is 0 Å². The van der Waals surface area contributed by atoms with E-state index in [0.29, 0.717) is 6.54 Å². The molecule has 0 spiro atoms. The van der Waals surface area contributed by atoms with Gasteiger partial charge in [0.25, 0.3) is 0 Å². The lowest BCUT2D eigenvalue weighted by Crippen LogP contribution is -2.37. The van der Waals surface area contributed by atoms with Gasteiger partial charge in [0.2, 0.25) is 0 Å². The van der Waals surface area contributed by atoms with E-state index >= 15 is 0 Å². The van der Waals surface area contributed by atoms with Crippen LogP contribution in [0.5, 0.6) is 0 Å². The Morgan fingerprint density at radius 3 is 2.52 bits per heavy atom. The van der Waals surface area contributed by atoms with Gasteiger partial charge in [-0.05, 0) is 43.0 Å². The number of aliphatic imine (C=N–C) groups is 1. The zero-order valence-electron chi connectivity index (χ0n) is 15.7. The first kappa shape index (κ1) is 18.6. The molecule has 140 valence electrons. The van der Waals surface area contributed by atoms with E-state index < -0.39 is 0 Å². The van der Waals surface area contributed by atoms with Gasteiger partial charge >= 0.3 is 0 Å². The second-order valence-electron chi connectivity index (χ2n) is 6.22. The lowest BCUT2D eigenvalue weighted by atomic mass is 10.1. The van der Waals surface area contributed by atoms with Gasteiger partial charge in [0.05, 0.1) is 12.2 Å². The van der Waals surface area contributed by atoms with Crippen molar-refractivity contribution in [2.75, 3.05) is 13.1 Å². The number of aryl methyl sites for hydroxylation is 1. The number of benzene rings is 2. The second kappa shape index (κ2) is 10.1. The number of hydrogen-bond donors (Lipinski definition) is 2. The first-order valence-electron chi connectivity index (χ1n) is 9.35. The maximum atomic E-state index is 4.68. The minimum Gasteiger partial charge on any atom is -0.357 e. The van der Waals surface area contributed by atoms with Crippen LogP contribution in [-0.4, -0.2) is 33.8 Å². The third-order valence-electron chi connectivity index (χ3n) is 4.16. The average molecular weight is 362 g/mol. The molecule has 0 saturated carbocycles. The summed E-state index contributed by atoms with van der Waals surface area (Å²) in [5.41, 5.74) is 3.51. The maximum Gasteiger partial charge on any atom is 0.191 e. The maximum absolute atomic E-state index is 4.68. The van der Waals surface area contributed by atoms with E-state index in [4.69, 9.17) is 0 Å². The topological polar surface area (TPSA) is 67.1 Å². The van der Waals surface area contributed by atoms with E-state index in [9.17, 15) is 0 Å². The highest BCUT2D eigenvalue weighted by atomic mass is 15.3. The third-order valence-corrected chi connectivity index (χ3v) is 4.16. The third kappa shape index (κ3) is 5.95. The van der Waals surface area contributed by atoms with Crippen molar-refractivity contribution in [3.05, 3.63) is 78.4 Å². The molecule has 0 aliphatic heterocycles. The molecule has 0 fully saturated rings. The Morgan fingerprint density at radius 1 is 1.00 bits per heavy atom. The summed E-state index contributed by atoms with van der Waals surface area (Å²) < 4.78 is 1.74. The molecule has 0 aliphatic rings. The Balaban J connectivity index is 1.49. The van der Waals surface area contributed by atoms with E-state index in [-0.39, 0.29) is 0 Å². The fraction of sp³-hybridized carbons (Fsp3) is 0.286. The van der Waals surface area contributed by atoms with Crippen molar-refractivity contribution in [3.8, 4) is 5.69 Å². The summed E-state index contributed by atoms with van der Waals surface area (Å²) >= 11 is 0. The Morgan fingerprint density at radius 2 is 1.81 bits per heavy atom. The zero-order chi connectivity index (χ0) is 18.7. The molecule has 0 atom stereocenters. The first-order chi connectivity index (χ1) is 13.3. The van der Waals surface area contributed by atoms with Crippen LogP contribution in [0.3, 0.4) is 0 Å². The lowest BCUT2D eigenvalue weighted by Gasteiger charge is -2.11. The largest absolute Gasteiger partial charge is 0.357 e. The fourth-order valence-electron chi connectivity index (χ4n) is 2.75. The molecule has 0 aliphatic carbocycles. The fourth-order valence-corrected chi connectivity index (χ4v) is 2.75. The Bertz CT molecular complexity index is 810. The molecule has 0 unspecified atom stereocenters. The van der Waals surface area contributed by atoms with E-state index in [1.54, 1.807) is 11.0 Å². The number of nitrogens with zero attached hydrogens (tertiary/aromatic N) is 4. The molecule has 3 rings (SSSR count). The molecule has 3 aromatic rings. The van der Waals surface area contributed by atoms with Crippen molar-refractivity contribution in [1.29, 1.82) is 0 Å². The SMILES string of the molecule is CCNC(=NCc1ccc(-n2cncn2)cc1)NCCCc1ccccc1. The molecule has 2 N–H and O–H groups in total. The Labute approximate surface area is 160 Å². The van der Waals surface area contributed by atoms with Gasteiger partial charge in [-0.3, -0.25) is 0 Å². The van der Waals surface area contributed by atoms with Gasteiger partial charge in [0, 0.05) is 13.1 Å². The van der Waals surface area contributed by atoms with Crippen LogP contribution < -0.4 is 10.6 Å². The molecule has 0 bridgehead atoms. The van der Waals surface area contributed by atoms with Crippen LogP contribution in [0.1, 0.15) is 24.5 Å². The monoisotopic (exact) mass is 362 g/mol. The normalized spacial score (nSPS) is 11.4. The highest BCUT2D eigenvalue weighted by Gasteiger charge is 2.00. The van der Waals surface area contributed by atoms with Crippen molar-refractivity contribution < 1.29 is 0 Å². The average Bonchev–Trinajstić information content (AvgIpc) is 3.25. The van der Waals surface area contributed by atoms with Crippen molar-refractivity contribution in [2.45, 2.75) is 26.3 Å². The van der Waals surface area contributed by atoms with Crippen LogP contribution in [0.4, 0.5) is 0 Å². The minimum atomic E-state index is 0.631. The number of aromatic nitrogens is 3. The van der Waals surface area contributed by atoms with Gasteiger partial charge in [-0.1, -0.05) is 42.5 Å². The number of guanidine groups is 1. The van der Waals surface area contributed by atoms with E-state index in [1.165, 1.54) is 11.9 Å². The Hall–Kier alpha value is -3.15. The predicted molar refractivity (Wildman–Crippen MR) is 109 cm³/mol. The van der Waals surface area contributed by atoms with Crippen molar-refractivity contribution >= 4 is 5.96 Å². The predicted octanol–water partition coefficient (Wildman–Crippen LogP) is 2.96. The highest BCUT2D eigenvalue weighted by Crippen LogP contribution is 2.09. The lowest BCUT2D eigenvalue weighted by molar-refractivity contribution is 0.744. The summed E-state index contributed by atoms with van der Waals surface area (Å²) in [6, 6.07) is 18.8. The molecule has 6 heteroatoms. The number of hydrogen-bond acceptors (Lipinski definition) is 3. The molecule has 1 heterocycles. The summed E-state index contributed by atoms with van der Waals surface area (Å²) in [7, 11) is 0. The second-order valence-corrected chi connectivity index (χ2v) is 6.22. The van der Waals surface area contributed by atoms with Gasteiger partial charge in [0.15, 0.2) is 5.96 Å². The van der Waals surface area contributed by atoms with Gasteiger partial charge < -0.3 is 10.6 Å². The highest BCUT2D eigenvalue weighted by molar-refractivity contribution is 5.79. The van der Waals surface area contributed by atoms with Crippen LogP contribution in [-0.2, 0) is 13.0 Å². The molecule has 2 aromatic carbocycles. The summed E-state index contributed by atoms with van der Waals surface area (Å²) in [6.07, 6.45) is 5.36. The number of nitrogens with one attached hydrogen (secondary N) is 2. The Kier molecular flexibility index (Phi) is 6.98. The van der Waals surface area contributed by atoms with Gasteiger partial charge in [-0.25, -0.2) is 14.7 Å². The smallest absolute Gasteiger partial charge is 0.191 e.